The Morgan fingerprint density at radius 2 is 1.76 bits per heavy atom. The average molecular weight is 510 g/mol. The van der Waals surface area contributed by atoms with Gasteiger partial charge in [-0.15, -0.1) is 0 Å². The van der Waals surface area contributed by atoms with E-state index in [9.17, 15) is 9.59 Å². The minimum atomic E-state index is -0.674. The largest absolute Gasteiger partial charge is 0.494 e. The molecule has 200 valence electrons. The standard InChI is InChI=1S/C27H39BN4O5/c1-16(2)22(31-25(34)35-8)24(33)32-17(3)9-14-21(32)23-29-15-20(30-23)18-10-12-19(13-11-18)28-36-26(4,5)27(6,7)37-28/h10-13,15-17,21-22H,9,14H2,1-8H3,(H,29,30)(H,31,34). The minimum absolute atomic E-state index is 0.0333. The molecule has 10 heteroatoms. The third-order valence-electron chi connectivity index (χ3n) is 7.97. The second-order valence-corrected chi connectivity index (χ2v) is 11.4. The third-order valence-corrected chi connectivity index (χ3v) is 7.97. The number of alkyl carbamates (subject to hydrolysis) is 1. The number of aromatic amines is 1. The van der Waals surface area contributed by atoms with E-state index in [1.807, 2.05) is 77.6 Å². The van der Waals surface area contributed by atoms with Crippen LogP contribution >= 0.6 is 0 Å². The summed E-state index contributed by atoms with van der Waals surface area (Å²) in [5, 5.41) is 2.70. The van der Waals surface area contributed by atoms with Gasteiger partial charge in [-0.1, -0.05) is 38.1 Å². The van der Waals surface area contributed by atoms with Crippen LogP contribution in [0.15, 0.2) is 30.5 Å². The number of imidazole rings is 1. The monoisotopic (exact) mass is 510 g/mol. The number of hydrogen-bond acceptors (Lipinski definition) is 6. The fourth-order valence-electron chi connectivity index (χ4n) is 4.94. The number of ether oxygens (including phenoxy) is 1. The Morgan fingerprint density at radius 1 is 1.14 bits per heavy atom. The van der Waals surface area contributed by atoms with Crippen molar-refractivity contribution in [3.05, 3.63) is 36.3 Å². The van der Waals surface area contributed by atoms with Crippen LogP contribution in [0, 0.1) is 5.92 Å². The van der Waals surface area contributed by atoms with E-state index in [-0.39, 0.29) is 23.9 Å². The molecule has 2 aliphatic heterocycles. The lowest BCUT2D eigenvalue weighted by atomic mass is 9.79. The van der Waals surface area contributed by atoms with Crippen molar-refractivity contribution in [2.24, 2.45) is 5.92 Å². The first-order chi connectivity index (χ1) is 17.3. The van der Waals surface area contributed by atoms with E-state index in [2.05, 4.69) is 15.3 Å². The van der Waals surface area contributed by atoms with Crippen molar-refractivity contribution in [2.75, 3.05) is 7.11 Å². The van der Waals surface area contributed by atoms with Crippen LogP contribution in [0.5, 0.6) is 0 Å². The van der Waals surface area contributed by atoms with Gasteiger partial charge in [0.05, 0.1) is 36.2 Å². The summed E-state index contributed by atoms with van der Waals surface area (Å²) in [5.74, 6) is 0.526. The number of nitrogens with one attached hydrogen (secondary N) is 2. The molecule has 3 unspecified atom stereocenters. The van der Waals surface area contributed by atoms with Crippen LogP contribution in [0.3, 0.4) is 0 Å². The number of nitrogens with zero attached hydrogens (tertiary/aromatic N) is 2. The molecule has 2 amide bonds. The predicted octanol–water partition coefficient (Wildman–Crippen LogP) is 3.81. The summed E-state index contributed by atoms with van der Waals surface area (Å²) in [6.45, 7) is 14.0. The molecular formula is C27H39BN4O5. The smallest absolute Gasteiger partial charge is 0.453 e. The molecule has 0 aliphatic carbocycles. The van der Waals surface area contributed by atoms with Gasteiger partial charge in [-0.3, -0.25) is 4.79 Å². The Bertz CT molecular complexity index is 1110. The number of methoxy groups -OCH3 is 1. The Kier molecular flexibility index (Phi) is 7.45. The molecule has 2 fully saturated rings. The number of carbonyl (C=O) groups excluding carboxylic acids is 2. The quantitative estimate of drug-likeness (QED) is 0.573. The lowest BCUT2D eigenvalue weighted by molar-refractivity contribution is -0.137. The van der Waals surface area contributed by atoms with Crippen molar-refractivity contribution in [2.45, 2.75) is 90.6 Å². The van der Waals surface area contributed by atoms with Crippen molar-refractivity contribution in [1.82, 2.24) is 20.2 Å². The molecule has 2 N–H and O–H groups in total. The lowest BCUT2D eigenvalue weighted by Gasteiger charge is -2.32. The first-order valence-electron chi connectivity index (χ1n) is 13.0. The Balaban J connectivity index is 1.51. The van der Waals surface area contributed by atoms with Gasteiger partial charge in [0.15, 0.2) is 0 Å². The van der Waals surface area contributed by atoms with Crippen LogP contribution in [0.2, 0.25) is 0 Å². The van der Waals surface area contributed by atoms with Gasteiger partial charge in [-0.05, 0) is 64.4 Å². The maximum atomic E-state index is 13.6. The molecule has 9 nitrogen and oxygen atoms in total. The molecule has 2 saturated heterocycles. The SMILES string of the molecule is COC(=O)NC(C(=O)N1C(C)CCC1c1ncc(-c2ccc(B3OC(C)(C)C(C)(C)O3)cc2)[nH]1)C(C)C. The lowest BCUT2D eigenvalue weighted by Crippen LogP contribution is -2.52. The number of rotatable bonds is 6. The summed E-state index contributed by atoms with van der Waals surface area (Å²) in [4.78, 5) is 35.4. The summed E-state index contributed by atoms with van der Waals surface area (Å²) in [6, 6.07) is 7.23. The van der Waals surface area contributed by atoms with E-state index in [0.29, 0.717) is 0 Å². The molecule has 2 aliphatic rings. The zero-order chi connectivity index (χ0) is 27.1. The zero-order valence-electron chi connectivity index (χ0n) is 23.1. The molecule has 1 aromatic heterocycles. The van der Waals surface area contributed by atoms with Gasteiger partial charge in [0, 0.05) is 6.04 Å². The van der Waals surface area contributed by atoms with Gasteiger partial charge in [0.25, 0.3) is 0 Å². The second-order valence-electron chi connectivity index (χ2n) is 11.4. The molecule has 2 aromatic rings. The van der Waals surface area contributed by atoms with Crippen molar-refractivity contribution in [3.63, 3.8) is 0 Å². The van der Waals surface area contributed by atoms with Crippen molar-refractivity contribution in [3.8, 4) is 11.3 Å². The highest BCUT2D eigenvalue weighted by Gasteiger charge is 2.51. The average Bonchev–Trinajstić information content (AvgIpc) is 3.52. The topological polar surface area (TPSA) is 106 Å². The highest BCUT2D eigenvalue weighted by atomic mass is 16.7. The van der Waals surface area contributed by atoms with E-state index < -0.39 is 30.5 Å². The summed E-state index contributed by atoms with van der Waals surface area (Å²) >= 11 is 0. The van der Waals surface area contributed by atoms with Crippen LogP contribution in [0.4, 0.5) is 4.79 Å². The molecule has 0 radical (unpaired) electrons. The molecule has 3 heterocycles. The third kappa shape index (κ3) is 5.27. The first-order valence-corrected chi connectivity index (χ1v) is 13.0. The highest BCUT2D eigenvalue weighted by Crippen LogP contribution is 2.38. The van der Waals surface area contributed by atoms with Gasteiger partial charge in [-0.2, -0.15) is 0 Å². The zero-order valence-corrected chi connectivity index (χ0v) is 23.1. The summed E-state index contributed by atoms with van der Waals surface area (Å²) < 4.78 is 17.1. The maximum Gasteiger partial charge on any atom is 0.494 e. The molecule has 0 saturated carbocycles. The Hall–Kier alpha value is -2.85. The normalized spacial score (nSPS) is 23.4. The van der Waals surface area contributed by atoms with Crippen molar-refractivity contribution >= 4 is 24.6 Å². The van der Waals surface area contributed by atoms with Gasteiger partial charge in [-0.25, -0.2) is 9.78 Å². The van der Waals surface area contributed by atoms with E-state index in [1.54, 1.807) is 6.20 Å². The van der Waals surface area contributed by atoms with E-state index in [1.165, 1.54) is 7.11 Å². The second kappa shape index (κ2) is 10.1. The number of likely N-dealkylation sites (tertiary alicyclic amines) is 1. The predicted molar refractivity (Wildman–Crippen MR) is 142 cm³/mol. The van der Waals surface area contributed by atoms with Crippen LogP contribution in [0.25, 0.3) is 11.3 Å². The maximum absolute atomic E-state index is 13.6. The molecule has 37 heavy (non-hydrogen) atoms. The van der Waals surface area contributed by atoms with E-state index in [4.69, 9.17) is 14.0 Å². The fourth-order valence-corrected chi connectivity index (χ4v) is 4.94. The number of H-pyrrole nitrogens is 1. The van der Waals surface area contributed by atoms with Gasteiger partial charge < -0.3 is 29.2 Å². The van der Waals surface area contributed by atoms with E-state index in [0.717, 1.165) is 35.4 Å². The van der Waals surface area contributed by atoms with Crippen molar-refractivity contribution in [1.29, 1.82) is 0 Å². The van der Waals surface area contributed by atoms with Crippen LogP contribution < -0.4 is 10.8 Å². The number of hydrogen-bond donors (Lipinski definition) is 2. The number of benzene rings is 1. The summed E-state index contributed by atoms with van der Waals surface area (Å²) in [7, 11) is 0.883. The van der Waals surface area contributed by atoms with Gasteiger partial charge in [0.2, 0.25) is 5.91 Å². The van der Waals surface area contributed by atoms with Crippen LogP contribution in [0.1, 0.15) is 73.2 Å². The number of aromatic nitrogens is 2. The first kappa shape index (κ1) is 27.2. The Labute approximate surface area is 219 Å². The summed E-state index contributed by atoms with van der Waals surface area (Å²) in [6.07, 6.45) is 2.85. The molecule has 3 atom stereocenters. The molecule has 1 aromatic carbocycles. The molecule has 0 bridgehead atoms. The molecule has 0 spiro atoms. The van der Waals surface area contributed by atoms with Crippen LogP contribution in [-0.4, -0.2) is 64.4 Å². The highest BCUT2D eigenvalue weighted by molar-refractivity contribution is 6.62. The van der Waals surface area contributed by atoms with Gasteiger partial charge in [0.1, 0.15) is 11.9 Å². The summed E-state index contributed by atoms with van der Waals surface area (Å²) in [5.41, 5.74) is 2.03. The number of amides is 2. The van der Waals surface area contributed by atoms with E-state index >= 15 is 0 Å². The Morgan fingerprint density at radius 3 is 2.32 bits per heavy atom. The van der Waals surface area contributed by atoms with Crippen molar-refractivity contribution < 1.29 is 23.6 Å². The fraction of sp³-hybridized carbons (Fsp3) is 0.593. The van der Waals surface area contributed by atoms with Gasteiger partial charge >= 0.3 is 13.2 Å². The molecular weight excluding hydrogens is 471 g/mol. The minimum Gasteiger partial charge on any atom is -0.453 e. The number of carbonyl (C=O) groups is 2. The molecule has 4 rings (SSSR count). The van der Waals surface area contributed by atoms with Crippen LogP contribution in [-0.2, 0) is 18.8 Å².